The van der Waals surface area contributed by atoms with Crippen LogP contribution < -0.4 is 19.4 Å². The third-order valence-electron chi connectivity index (χ3n) is 5.84. The van der Waals surface area contributed by atoms with Crippen molar-refractivity contribution in [3.05, 3.63) is 66.2 Å². The molecule has 2 saturated heterocycles. The molecular weight excluding hydrogens is 496 g/mol. The number of benzene rings is 2. The van der Waals surface area contributed by atoms with Crippen LogP contribution in [0.3, 0.4) is 0 Å². The SMILES string of the molecule is O=S(=O)(Oc1ccc(/C=N\Nc2cc(N3CCOCC3)nc(N3CCOCC3)n2)cc1)c1ccccc1. The van der Waals surface area contributed by atoms with Crippen LogP contribution in [0, 0.1) is 0 Å². The lowest BCUT2D eigenvalue weighted by Gasteiger charge is -2.31. The van der Waals surface area contributed by atoms with Gasteiger partial charge in [0.25, 0.3) is 0 Å². The van der Waals surface area contributed by atoms with E-state index in [2.05, 4.69) is 25.3 Å². The molecule has 0 saturated carbocycles. The molecule has 2 fully saturated rings. The highest BCUT2D eigenvalue weighted by Gasteiger charge is 2.19. The number of rotatable bonds is 8. The van der Waals surface area contributed by atoms with Crippen molar-refractivity contribution in [3.63, 3.8) is 0 Å². The van der Waals surface area contributed by atoms with Crippen molar-refractivity contribution in [3.8, 4) is 5.75 Å². The van der Waals surface area contributed by atoms with Crippen LogP contribution in [-0.2, 0) is 19.6 Å². The number of aromatic nitrogens is 2. The molecule has 0 atom stereocenters. The Morgan fingerprint density at radius 2 is 1.51 bits per heavy atom. The summed E-state index contributed by atoms with van der Waals surface area (Å²) in [7, 11) is -3.89. The van der Waals surface area contributed by atoms with Crippen LogP contribution >= 0.6 is 0 Å². The molecule has 0 unspecified atom stereocenters. The molecule has 3 aromatic rings. The first kappa shape index (κ1) is 24.9. The minimum absolute atomic E-state index is 0.0996. The summed E-state index contributed by atoms with van der Waals surface area (Å²) in [5.74, 6) is 2.24. The number of hydrazone groups is 1. The van der Waals surface area contributed by atoms with Crippen LogP contribution in [-0.4, -0.2) is 77.2 Å². The Bertz CT molecular complexity index is 1270. The number of ether oxygens (including phenoxy) is 2. The molecule has 0 radical (unpaired) electrons. The maximum absolute atomic E-state index is 12.4. The minimum atomic E-state index is -3.89. The Hall–Kier alpha value is -3.74. The Morgan fingerprint density at radius 1 is 0.865 bits per heavy atom. The fraction of sp³-hybridized carbons (Fsp3) is 0.320. The summed E-state index contributed by atoms with van der Waals surface area (Å²) in [6.07, 6.45) is 1.63. The van der Waals surface area contributed by atoms with Crippen LogP contribution in [0.1, 0.15) is 5.56 Å². The first-order chi connectivity index (χ1) is 18.1. The van der Waals surface area contributed by atoms with Gasteiger partial charge in [-0.2, -0.15) is 23.5 Å². The molecule has 0 spiro atoms. The van der Waals surface area contributed by atoms with Gasteiger partial charge in [-0.1, -0.05) is 18.2 Å². The molecule has 2 aliphatic rings. The van der Waals surface area contributed by atoms with Gasteiger partial charge in [0.2, 0.25) is 5.95 Å². The monoisotopic (exact) mass is 524 g/mol. The van der Waals surface area contributed by atoms with Crippen molar-refractivity contribution in [2.24, 2.45) is 5.10 Å². The van der Waals surface area contributed by atoms with Crippen molar-refractivity contribution in [1.82, 2.24) is 9.97 Å². The number of nitrogens with one attached hydrogen (secondary N) is 1. The molecule has 1 N–H and O–H groups in total. The van der Waals surface area contributed by atoms with E-state index in [1.54, 1.807) is 48.7 Å². The van der Waals surface area contributed by atoms with E-state index in [0.717, 1.165) is 37.6 Å². The van der Waals surface area contributed by atoms with Crippen molar-refractivity contribution in [2.45, 2.75) is 4.90 Å². The highest BCUT2D eigenvalue weighted by molar-refractivity contribution is 7.87. The van der Waals surface area contributed by atoms with Gasteiger partial charge in [-0.05, 0) is 42.0 Å². The van der Waals surface area contributed by atoms with Crippen LogP contribution in [0.15, 0.2) is 70.7 Å². The molecule has 194 valence electrons. The molecular formula is C25H28N6O5S. The molecule has 11 nitrogen and oxygen atoms in total. The minimum Gasteiger partial charge on any atom is -0.379 e. The Balaban J connectivity index is 1.27. The molecule has 0 bridgehead atoms. The van der Waals surface area contributed by atoms with Crippen LogP contribution in [0.25, 0.3) is 0 Å². The van der Waals surface area contributed by atoms with E-state index >= 15 is 0 Å². The normalized spacial score (nSPS) is 16.6. The highest BCUT2D eigenvalue weighted by atomic mass is 32.2. The number of hydrogen-bond donors (Lipinski definition) is 1. The van der Waals surface area contributed by atoms with Gasteiger partial charge in [-0.3, -0.25) is 5.43 Å². The van der Waals surface area contributed by atoms with E-state index in [1.807, 2.05) is 6.07 Å². The lowest BCUT2D eigenvalue weighted by Crippen LogP contribution is -2.39. The summed E-state index contributed by atoms with van der Waals surface area (Å²) in [4.78, 5) is 13.8. The summed E-state index contributed by atoms with van der Waals surface area (Å²) in [6, 6.07) is 16.5. The van der Waals surface area contributed by atoms with Crippen LogP contribution in [0.2, 0.25) is 0 Å². The smallest absolute Gasteiger partial charge is 0.339 e. The predicted molar refractivity (Wildman–Crippen MR) is 140 cm³/mol. The van der Waals surface area contributed by atoms with E-state index in [4.69, 9.17) is 18.6 Å². The molecule has 1 aromatic heterocycles. The van der Waals surface area contributed by atoms with E-state index in [0.29, 0.717) is 38.2 Å². The largest absolute Gasteiger partial charge is 0.379 e. The van der Waals surface area contributed by atoms with E-state index in [-0.39, 0.29) is 10.6 Å². The van der Waals surface area contributed by atoms with Gasteiger partial charge in [0.05, 0.1) is 32.6 Å². The van der Waals surface area contributed by atoms with E-state index < -0.39 is 10.1 Å². The second-order valence-electron chi connectivity index (χ2n) is 8.40. The fourth-order valence-corrected chi connectivity index (χ4v) is 4.83. The van der Waals surface area contributed by atoms with Crippen LogP contribution in [0.4, 0.5) is 17.6 Å². The molecule has 5 rings (SSSR count). The van der Waals surface area contributed by atoms with Gasteiger partial charge >= 0.3 is 10.1 Å². The maximum Gasteiger partial charge on any atom is 0.339 e. The third-order valence-corrected chi connectivity index (χ3v) is 7.10. The van der Waals surface area contributed by atoms with Crippen molar-refractivity contribution >= 4 is 33.9 Å². The number of anilines is 3. The molecule has 2 aromatic carbocycles. The molecule has 2 aliphatic heterocycles. The van der Waals surface area contributed by atoms with Gasteiger partial charge in [0.15, 0.2) is 5.82 Å². The summed E-state index contributed by atoms with van der Waals surface area (Å²) >= 11 is 0. The van der Waals surface area contributed by atoms with Crippen molar-refractivity contribution < 1.29 is 22.1 Å². The second-order valence-corrected chi connectivity index (χ2v) is 9.95. The average molecular weight is 525 g/mol. The first-order valence-corrected chi connectivity index (χ1v) is 13.4. The van der Waals surface area contributed by atoms with Gasteiger partial charge in [0, 0.05) is 32.2 Å². The Labute approximate surface area is 215 Å². The van der Waals surface area contributed by atoms with Crippen molar-refractivity contribution in [1.29, 1.82) is 0 Å². The predicted octanol–water partition coefficient (Wildman–Crippen LogP) is 2.36. The molecule has 0 amide bonds. The van der Waals surface area contributed by atoms with E-state index in [9.17, 15) is 8.42 Å². The summed E-state index contributed by atoms with van der Waals surface area (Å²) < 4.78 is 41.0. The Kier molecular flexibility index (Phi) is 7.78. The topological polar surface area (TPSA) is 118 Å². The molecule has 3 heterocycles. The third kappa shape index (κ3) is 6.53. The van der Waals surface area contributed by atoms with Crippen LogP contribution in [0.5, 0.6) is 5.75 Å². The quantitative estimate of drug-likeness (QED) is 0.267. The first-order valence-electron chi connectivity index (χ1n) is 12.0. The van der Waals surface area contributed by atoms with Crippen molar-refractivity contribution in [2.75, 3.05) is 67.8 Å². The average Bonchev–Trinajstić information content (AvgIpc) is 2.95. The summed E-state index contributed by atoms with van der Waals surface area (Å²) in [5, 5.41) is 4.33. The standard InChI is InChI=1S/C25H28N6O5S/c32-37(33,22-4-2-1-3-5-22)36-21-8-6-20(7-9-21)19-26-29-23-18-24(30-10-14-34-15-11-30)28-25(27-23)31-12-16-35-17-13-31/h1-9,18-19H,10-17H2,(H,27,28,29)/b26-19-. The number of hydrogen-bond acceptors (Lipinski definition) is 11. The summed E-state index contributed by atoms with van der Waals surface area (Å²) in [5.41, 5.74) is 3.76. The zero-order valence-corrected chi connectivity index (χ0v) is 21.0. The van der Waals surface area contributed by atoms with Gasteiger partial charge < -0.3 is 23.5 Å². The molecule has 37 heavy (non-hydrogen) atoms. The molecule has 12 heteroatoms. The lowest BCUT2D eigenvalue weighted by molar-refractivity contribution is 0.121. The van der Waals surface area contributed by atoms with Gasteiger partial charge in [0.1, 0.15) is 16.5 Å². The zero-order valence-electron chi connectivity index (χ0n) is 20.2. The Morgan fingerprint density at radius 3 is 2.19 bits per heavy atom. The number of morpholine rings is 2. The lowest BCUT2D eigenvalue weighted by atomic mass is 10.2. The van der Waals surface area contributed by atoms with Gasteiger partial charge in [-0.25, -0.2) is 0 Å². The van der Waals surface area contributed by atoms with Gasteiger partial charge in [-0.15, -0.1) is 0 Å². The zero-order chi connectivity index (χ0) is 25.5. The highest BCUT2D eigenvalue weighted by Crippen LogP contribution is 2.23. The molecule has 0 aliphatic carbocycles. The second kappa shape index (κ2) is 11.5. The van der Waals surface area contributed by atoms with E-state index in [1.165, 1.54) is 12.1 Å². The fourth-order valence-electron chi connectivity index (χ4n) is 3.88. The number of nitrogens with zero attached hydrogens (tertiary/aromatic N) is 5. The summed E-state index contributed by atoms with van der Waals surface area (Å²) in [6.45, 7) is 5.56. The maximum atomic E-state index is 12.4.